The molecule has 0 bridgehead atoms. The van der Waals surface area contributed by atoms with Gasteiger partial charge in [-0.05, 0) is 26.2 Å². The molecule has 1 aliphatic heterocycles. The third-order valence-corrected chi connectivity index (χ3v) is 4.89. The summed E-state index contributed by atoms with van der Waals surface area (Å²) in [7, 11) is 0. The number of nitrogens with zero attached hydrogens (tertiary/aromatic N) is 3. The van der Waals surface area contributed by atoms with Crippen molar-refractivity contribution in [1.29, 1.82) is 0 Å². The van der Waals surface area contributed by atoms with Crippen LogP contribution in [0.1, 0.15) is 41.6 Å². The average molecular weight is 362 g/mol. The Balaban J connectivity index is 1.74. The minimum atomic E-state index is -0.433. The molecule has 8 heteroatoms. The summed E-state index contributed by atoms with van der Waals surface area (Å²) in [4.78, 5) is 37.9. The summed E-state index contributed by atoms with van der Waals surface area (Å²) < 4.78 is 5.76. The topological polar surface area (TPSA) is 88.2 Å². The van der Waals surface area contributed by atoms with Crippen molar-refractivity contribution >= 4 is 17.2 Å². The van der Waals surface area contributed by atoms with Gasteiger partial charge in [0.15, 0.2) is 5.82 Å². The van der Waals surface area contributed by atoms with E-state index in [-0.39, 0.29) is 17.6 Å². The SMILES string of the molecule is CCCOC1CCCN(C(=O)c2cnc(-c3csc(C)n3)[nH]c2=O)C1. The van der Waals surface area contributed by atoms with E-state index in [2.05, 4.69) is 21.9 Å². The van der Waals surface area contributed by atoms with Gasteiger partial charge in [0.25, 0.3) is 11.5 Å². The van der Waals surface area contributed by atoms with Gasteiger partial charge in [0, 0.05) is 31.3 Å². The first kappa shape index (κ1) is 17.8. The van der Waals surface area contributed by atoms with E-state index in [4.69, 9.17) is 4.74 Å². The van der Waals surface area contributed by atoms with E-state index in [9.17, 15) is 9.59 Å². The quantitative estimate of drug-likeness (QED) is 0.881. The highest BCUT2D eigenvalue weighted by Crippen LogP contribution is 2.18. The molecule has 3 heterocycles. The van der Waals surface area contributed by atoms with Crippen molar-refractivity contribution in [3.8, 4) is 11.5 Å². The standard InChI is InChI=1S/C17H22N4O3S/c1-3-7-24-12-5-4-6-21(9-12)17(23)13-8-18-15(20-16(13)22)14-10-25-11(2)19-14/h8,10,12H,3-7,9H2,1-2H3,(H,18,20,22). The second-order valence-corrected chi connectivity index (χ2v) is 7.17. The number of nitrogens with one attached hydrogen (secondary N) is 1. The predicted molar refractivity (Wildman–Crippen MR) is 95.9 cm³/mol. The van der Waals surface area contributed by atoms with Crippen molar-refractivity contribution in [3.05, 3.63) is 32.5 Å². The van der Waals surface area contributed by atoms with Crippen molar-refractivity contribution < 1.29 is 9.53 Å². The number of hydrogen-bond acceptors (Lipinski definition) is 6. The Morgan fingerprint density at radius 3 is 3.04 bits per heavy atom. The summed E-state index contributed by atoms with van der Waals surface area (Å²) >= 11 is 1.48. The molecule has 0 saturated carbocycles. The van der Waals surface area contributed by atoms with Gasteiger partial charge in [-0.15, -0.1) is 11.3 Å². The molecule has 0 radical (unpaired) electrons. The summed E-state index contributed by atoms with van der Waals surface area (Å²) in [6.45, 7) is 5.79. The number of aromatic amines is 1. The van der Waals surface area contributed by atoms with Crippen LogP contribution in [0.25, 0.3) is 11.5 Å². The van der Waals surface area contributed by atoms with Gasteiger partial charge >= 0.3 is 0 Å². The van der Waals surface area contributed by atoms with Crippen LogP contribution >= 0.6 is 11.3 Å². The fourth-order valence-corrected chi connectivity index (χ4v) is 3.46. The van der Waals surface area contributed by atoms with Crippen molar-refractivity contribution in [2.75, 3.05) is 19.7 Å². The fraction of sp³-hybridized carbons (Fsp3) is 0.529. The van der Waals surface area contributed by atoms with Crippen LogP contribution in [0.15, 0.2) is 16.4 Å². The van der Waals surface area contributed by atoms with Crippen LogP contribution in [0.4, 0.5) is 0 Å². The minimum absolute atomic E-state index is 0.0435. The minimum Gasteiger partial charge on any atom is -0.376 e. The van der Waals surface area contributed by atoms with Gasteiger partial charge in [-0.3, -0.25) is 9.59 Å². The summed E-state index contributed by atoms with van der Waals surface area (Å²) in [6.07, 6.45) is 4.16. The highest BCUT2D eigenvalue weighted by atomic mass is 32.1. The van der Waals surface area contributed by atoms with E-state index < -0.39 is 5.56 Å². The third-order valence-electron chi connectivity index (χ3n) is 4.11. The maximum absolute atomic E-state index is 12.7. The van der Waals surface area contributed by atoms with Crippen LogP contribution in [0.2, 0.25) is 0 Å². The molecule has 1 fully saturated rings. The zero-order valence-corrected chi connectivity index (χ0v) is 15.3. The molecular formula is C17H22N4O3S. The van der Waals surface area contributed by atoms with E-state index in [1.165, 1.54) is 17.5 Å². The van der Waals surface area contributed by atoms with Crippen molar-refractivity contribution in [2.24, 2.45) is 0 Å². The highest BCUT2D eigenvalue weighted by molar-refractivity contribution is 7.09. The zero-order chi connectivity index (χ0) is 17.8. The Kier molecular flexibility index (Phi) is 5.60. The summed E-state index contributed by atoms with van der Waals surface area (Å²) in [5.74, 6) is 0.0910. The predicted octanol–water partition coefficient (Wildman–Crippen LogP) is 2.23. The number of aromatic nitrogens is 3. The number of aryl methyl sites for hydroxylation is 1. The van der Waals surface area contributed by atoms with Gasteiger partial charge in [0.05, 0.1) is 11.1 Å². The van der Waals surface area contributed by atoms with E-state index in [1.807, 2.05) is 12.3 Å². The molecule has 0 spiro atoms. The van der Waals surface area contributed by atoms with Crippen molar-refractivity contribution in [1.82, 2.24) is 19.9 Å². The Labute approximate surface area is 150 Å². The first-order valence-electron chi connectivity index (χ1n) is 8.51. The molecule has 0 aliphatic carbocycles. The maximum atomic E-state index is 12.7. The first-order valence-corrected chi connectivity index (χ1v) is 9.39. The van der Waals surface area contributed by atoms with Crippen LogP contribution in [0.5, 0.6) is 0 Å². The second-order valence-electron chi connectivity index (χ2n) is 6.11. The number of likely N-dealkylation sites (tertiary alicyclic amines) is 1. The molecule has 1 saturated heterocycles. The Bertz CT molecular complexity index is 801. The largest absolute Gasteiger partial charge is 0.376 e. The number of piperidine rings is 1. The molecule has 2 aromatic heterocycles. The van der Waals surface area contributed by atoms with E-state index in [0.717, 1.165) is 24.3 Å². The number of amides is 1. The van der Waals surface area contributed by atoms with Crippen LogP contribution in [-0.2, 0) is 4.74 Å². The normalized spacial score (nSPS) is 17.7. The monoisotopic (exact) mass is 362 g/mol. The number of thiazole rings is 1. The van der Waals surface area contributed by atoms with Crippen molar-refractivity contribution in [2.45, 2.75) is 39.2 Å². The number of ether oxygens (including phenoxy) is 1. The Morgan fingerprint density at radius 2 is 2.36 bits per heavy atom. The molecule has 3 rings (SSSR count). The van der Waals surface area contributed by atoms with Gasteiger partial charge in [-0.1, -0.05) is 6.92 Å². The van der Waals surface area contributed by atoms with Crippen LogP contribution in [0.3, 0.4) is 0 Å². The second kappa shape index (κ2) is 7.88. The van der Waals surface area contributed by atoms with Gasteiger partial charge < -0.3 is 14.6 Å². The van der Waals surface area contributed by atoms with Gasteiger partial charge in [-0.25, -0.2) is 9.97 Å². The van der Waals surface area contributed by atoms with E-state index in [0.29, 0.717) is 31.2 Å². The van der Waals surface area contributed by atoms with Crippen LogP contribution < -0.4 is 5.56 Å². The lowest BCUT2D eigenvalue weighted by Crippen LogP contribution is -2.44. The number of H-pyrrole nitrogens is 1. The molecule has 2 aromatic rings. The van der Waals surface area contributed by atoms with Gasteiger partial charge in [0.2, 0.25) is 0 Å². The molecule has 7 nitrogen and oxygen atoms in total. The highest BCUT2D eigenvalue weighted by Gasteiger charge is 2.26. The summed E-state index contributed by atoms with van der Waals surface area (Å²) in [6, 6.07) is 0. The van der Waals surface area contributed by atoms with E-state index in [1.54, 1.807) is 4.90 Å². The lowest BCUT2D eigenvalue weighted by atomic mass is 10.1. The summed E-state index contributed by atoms with van der Waals surface area (Å²) in [5.41, 5.74) is 0.244. The first-order chi connectivity index (χ1) is 12.1. The van der Waals surface area contributed by atoms with Gasteiger partial charge in [0.1, 0.15) is 11.3 Å². The van der Waals surface area contributed by atoms with Gasteiger partial charge in [-0.2, -0.15) is 0 Å². The molecule has 25 heavy (non-hydrogen) atoms. The molecule has 1 unspecified atom stereocenters. The zero-order valence-electron chi connectivity index (χ0n) is 14.4. The fourth-order valence-electron chi connectivity index (χ4n) is 2.86. The Morgan fingerprint density at radius 1 is 1.52 bits per heavy atom. The molecular weight excluding hydrogens is 340 g/mol. The molecule has 1 aliphatic rings. The summed E-state index contributed by atoms with van der Waals surface area (Å²) in [5, 5.41) is 2.72. The smallest absolute Gasteiger partial charge is 0.264 e. The molecule has 1 atom stereocenters. The van der Waals surface area contributed by atoms with Crippen LogP contribution in [0, 0.1) is 6.92 Å². The number of rotatable bonds is 5. The third kappa shape index (κ3) is 4.13. The number of carbonyl (C=O) groups excluding carboxylic acids is 1. The molecule has 1 N–H and O–H groups in total. The van der Waals surface area contributed by atoms with E-state index >= 15 is 0 Å². The maximum Gasteiger partial charge on any atom is 0.264 e. The Hall–Kier alpha value is -2.06. The number of hydrogen-bond donors (Lipinski definition) is 1. The lowest BCUT2D eigenvalue weighted by Gasteiger charge is -2.32. The van der Waals surface area contributed by atoms with Crippen molar-refractivity contribution in [3.63, 3.8) is 0 Å². The average Bonchev–Trinajstić information content (AvgIpc) is 3.06. The molecule has 134 valence electrons. The molecule has 0 aromatic carbocycles. The molecule has 1 amide bonds. The number of carbonyl (C=O) groups is 1. The lowest BCUT2D eigenvalue weighted by molar-refractivity contribution is 0.00204. The van der Waals surface area contributed by atoms with Crippen LogP contribution in [-0.4, -0.2) is 51.6 Å².